The van der Waals surface area contributed by atoms with E-state index in [4.69, 9.17) is 8.85 Å². The van der Waals surface area contributed by atoms with Gasteiger partial charge in [-0.1, -0.05) is 67.5 Å². The maximum absolute atomic E-state index is 12.2. The van der Waals surface area contributed by atoms with Crippen LogP contribution in [0.5, 0.6) is 0 Å². The van der Waals surface area contributed by atoms with Crippen molar-refractivity contribution >= 4 is 16.6 Å². The Bertz CT molecular complexity index is 906. The van der Waals surface area contributed by atoms with Crippen molar-refractivity contribution in [1.29, 1.82) is 0 Å². The molecule has 0 unspecified atom stereocenters. The first-order valence-corrected chi connectivity index (χ1v) is 23.6. The van der Waals surface area contributed by atoms with E-state index in [0.717, 1.165) is 51.4 Å². The Morgan fingerprint density at radius 3 is 2.05 bits per heavy atom. The minimum absolute atomic E-state index is 0.00254. The van der Waals surface area contributed by atoms with Crippen LogP contribution in [-0.4, -0.2) is 63.0 Å². The van der Waals surface area contributed by atoms with Crippen molar-refractivity contribution in [2.24, 2.45) is 41.4 Å². The van der Waals surface area contributed by atoms with Gasteiger partial charge in [0, 0.05) is 18.6 Å². The van der Waals surface area contributed by atoms with Gasteiger partial charge in [0.05, 0.1) is 18.3 Å². The van der Waals surface area contributed by atoms with Crippen LogP contribution in [0.15, 0.2) is 12.2 Å². The minimum atomic E-state index is -2.06. The summed E-state index contributed by atoms with van der Waals surface area (Å²) < 4.78 is 14.0. The standard InChI is InChI=1S/C36H70O5Si2/c1-13-26(38)15-14-16-33(41-43(11,12)36(6,7)8)24(2)34(39)32-23-31-28(29(32)19-20-37)18-17-25-21-27(22-30(25)31)40-42(9,10)35(3,4)5/h17-18,24-34,37-39H,13-16,19-23H2,1-12H3/t24-,25-,26+,27-,28+,29+,30-,31-,32-,33+,34+/m1/s1. The first-order chi connectivity index (χ1) is 19.7. The predicted octanol–water partition coefficient (Wildman–Crippen LogP) is 8.55. The minimum Gasteiger partial charge on any atom is -0.414 e. The van der Waals surface area contributed by atoms with Crippen LogP contribution in [0.1, 0.15) is 107 Å². The van der Waals surface area contributed by atoms with Gasteiger partial charge >= 0.3 is 0 Å². The van der Waals surface area contributed by atoms with Crippen LogP contribution in [0.4, 0.5) is 0 Å². The van der Waals surface area contributed by atoms with E-state index in [2.05, 4.69) is 86.8 Å². The smallest absolute Gasteiger partial charge is 0.192 e. The predicted molar refractivity (Wildman–Crippen MR) is 185 cm³/mol. The Balaban J connectivity index is 1.80. The highest BCUT2D eigenvalue weighted by Crippen LogP contribution is 2.58. The summed E-state index contributed by atoms with van der Waals surface area (Å²) in [7, 11) is -3.89. The highest BCUT2D eigenvalue weighted by molar-refractivity contribution is 6.74. The number of allylic oxidation sites excluding steroid dienone is 2. The Morgan fingerprint density at radius 1 is 0.860 bits per heavy atom. The van der Waals surface area contributed by atoms with Crippen molar-refractivity contribution in [2.45, 2.75) is 167 Å². The largest absolute Gasteiger partial charge is 0.414 e. The lowest BCUT2D eigenvalue weighted by Crippen LogP contribution is -2.48. The fourth-order valence-electron chi connectivity index (χ4n) is 8.02. The van der Waals surface area contributed by atoms with E-state index in [0.29, 0.717) is 35.7 Å². The molecule has 3 aliphatic carbocycles. The summed E-state index contributed by atoms with van der Waals surface area (Å²) in [5, 5.41) is 32.9. The second-order valence-electron chi connectivity index (χ2n) is 17.8. The lowest BCUT2D eigenvalue weighted by molar-refractivity contribution is -0.0240. The molecule has 3 N–H and O–H groups in total. The molecule has 7 heteroatoms. The molecule has 0 heterocycles. The number of aliphatic hydroxyl groups is 3. The molecular formula is C36H70O5Si2. The number of fused-ring (bicyclic) bond motifs is 3. The topological polar surface area (TPSA) is 79.2 Å². The molecular weight excluding hydrogens is 569 g/mol. The molecule has 0 saturated heterocycles. The van der Waals surface area contributed by atoms with Crippen LogP contribution in [0, 0.1) is 41.4 Å². The zero-order chi connectivity index (χ0) is 32.5. The monoisotopic (exact) mass is 638 g/mol. The van der Waals surface area contributed by atoms with E-state index in [1.54, 1.807) is 0 Å². The van der Waals surface area contributed by atoms with Gasteiger partial charge in [0.15, 0.2) is 16.6 Å². The zero-order valence-corrected chi connectivity index (χ0v) is 32.0. The highest BCUT2D eigenvalue weighted by Gasteiger charge is 2.54. The summed E-state index contributed by atoms with van der Waals surface area (Å²) in [6, 6.07) is 0. The quantitative estimate of drug-likeness (QED) is 0.131. The first kappa shape index (κ1) is 37.4. The fraction of sp³-hybridized carbons (Fsp3) is 0.944. The molecule has 0 amide bonds. The summed E-state index contributed by atoms with van der Waals surface area (Å²) in [4.78, 5) is 0. The molecule has 0 aromatic heterocycles. The average molecular weight is 639 g/mol. The highest BCUT2D eigenvalue weighted by atomic mass is 28.4. The third-order valence-corrected chi connectivity index (χ3v) is 21.9. The van der Waals surface area contributed by atoms with E-state index in [1.807, 2.05) is 6.92 Å². The van der Waals surface area contributed by atoms with Gasteiger partial charge in [0.25, 0.3) is 0 Å². The van der Waals surface area contributed by atoms with Crippen LogP contribution >= 0.6 is 0 Å². The van der Waals surface area contributed by atoms with Gasteiger partial charge in [0.2, 0.25) is 0 Å². The maximum atomic E-state index is 12.2. The Kier molecular flexibility index (Phi) is 12.5. The van der Waals surface area contributed by atoms with Crippen LogP contribution in [-0.2, 0) is 8.85 Å². The molecule has 11 atom stereocenters. The van der Waals surface area contributed by atoms with Crippen molar-refractivity contribution in [3.05, 3.63) is 12.2 Å². The van der Waals surface area contributed by atoms with Crippen molar-refractivity contribution in [3.8, 4) is 0 Å². The Morgan fingerprint density at radius 2 is 1.49 bits per heavy atom. The lowest BCUT2D eigenvalue weighted by Gasteiger charge is -2.43. The average Bonchev–Trinajstić information content (AvgIpc) is 3.46. The summed E-state index contributed by atoms with van der Waals surface area (Å²) in [6.07, 6.45) is 11.9. The van der Waals surface area contributed by atoms with Crippen molar-refractivity contribution in [1.82, 2.24) is 0 Å². The molecule has 252 valence electrons. The fourth-order valence-corrected chi connectivity index (χ4v) is 10.8. The summed E-state index contributed by atoms with van der Waals surface area (Å²) in [5.74, 6) is 2.59. The molecule has 3 rings (SSSR count). The van der Waals surface area contributed by atoms with E-state index in [-0.39, 0.29) is 40.7 Å². The SMILES string of the molecule is CC[C@H](O)CCC[C@H](O[Si](C)(C)C(C)(C)C)[C@@H](C)[C@H](O)[C@@H]1C[C@@H]2[C@@H](C=C[C@@H]3C[C@@H](O[Si](C)(C)C(C)(C)C)C[C@@H]23)[C@@H]1CCO. The van der Waals surface area contributed by atoms with Gasteiger partial charge in [-0.2, -0.15) is 0 Å². The summed E-state index contributed by atoms with van der Waals surface area (Å²) >= 11 is 0. The number of aliphatic hydroxyl groups excluding tert-OH is 3. The molecule has 0 spiro atoms. The van der Waals surface area contributed by atoms with Gasteiger partial charge in [-0.3, -0.25) is 0 Å². The maximum Gasteiger partial charge on any atom is 0.192 e. The molecule has 2 saturated carbocycles. The van der Waals surface area contributed by atoms with E-state index >= 15 is 0 Å². The van der Waals surface area contributed by atoms with Gasteiger partial charge in [-0.15, -0.1) is 0 Å². The molecule has 5 nitrogen and oxygen atoms in total. The third kappa shape index (κ3) is 8.67. The molecule has 0 bridgehead atoms. The number of hydrogen-bond donors (Lipinski definition) is 3. The molecule has 43 heavy (non-hydrogen) atoms. The van der Waals surface area contributed by atoms with Crippen LogP contribution < -0.4 is 0 Å². The number of hydrogen-bond acceptors (Lipinski definition) is 5. The van der Waals surface area contributed by atoms with Crippen molar-refractivity contribution < 1.29 is 24.2 Å². The van der Waals surface area contributed by atoms with Crippen LogP contribution in [0.25, 0.3) is 0 Å². The summed E-state index contributed by atoms with van der Waals surface area (Å²) in [5.41, 5.74) is 0. The molecule has 0 aromatic carbocycles. The molecule has 0 aromatic rings. The van der Waals surface area contributed by atoms with Crippen molar-refractivity contribution in [2.75, 3.05) is 6.61 Å². The normalized spacial score (nSPS) is 32.8. The van der Waals surface area contributed by atoms with E-state index in [9.17, 15) is 15.3 Å². The number of rotatable bonds is 14. The Labute approximate surface area is 267 Å². The molecule has 3 aliphatic rings. The summed E-state index contributed by atoms with van der Waals surface area (Å²) in [6.45, 7) is 27.6. The van der Waals surface area contributed by atoms with Gasteiger partial charge in [-0.05, 0) is 123 Å². The van der Waals surface area contributed by atoms with Crippen LogP contribution in [0.2, 0.25) is 36.3 Å². The van der Waals surface area contributed by atoms with Gasteiger partial charge < -0.3 is 24.2 Å². The van der Waals surface area contributed by atoms with Crippen molar-refractivity contribution in [3.63, 3.8) is 0 Å². The lowest BCUT2D eigenvalue weighted by atomic mass is 9.71. The second-order valence-corrected chi connectivity index (χ2v) is 27.3. The third-order valence-electron chi connectivity index (χ3n) is 12.9. The molecule has 2 fully saturated rings. The zero-order valence-electron chi connectivity index (χ0n) is 30.0. The van der Waals surface area contributed by atoms with E-state index in [1.165, 1.54) is 0 Å². The molecule has 0 aliphatic heterocycles. The first-order valence-electron chi connectivity index (χ1n) is 17.7. The van der Waals surface area contributed by atoms with Crippen LogP contribution in [0.3, 0.4) is 0 Å². The molecule has 0 radical (unpaired) electrons. The van der Waals surface area contributed by atoms with Gasteiger partial charge in [-0.25, -0.2) is 0 Å². The van der Waals surface area contributed by atoms with E-state index < -0.39 is 22.7 Å². The van der Waals surface area contributed by atoms with Gasteiger partial charge in [0.1, 0.15) is 0 Å². The second kappa shape index (κ2) is 14.4. The Hall–Kier alpha value is -0.0262.